The summed E-state index contributed by atoms with van der Waals surface area (Å²) in [5.41, 5.74) is 1.07. The Morgan fingerprint density at radius 2 is 1.08 bits per heavy atom. The Labute approximate surface area is 81.9 Å². The van der Waals surface area contributed by atoms with E-state index in [1.165, 1.54) is 32.6 Å². The lowest BCUT2D eigenvalue weighted by Gasteiger charge is -2.55. The summed E-state index contributed by atoms with van der Waals surface area (Å²) in [5.74, 6) is 0. The highest BCUT2D eigenvalue weighted by Crippen LogP contribution is 2.44. The quantitative estimate of drug-likeness (QED) is 0.557. The van der Waals surface area contributed by atoms with E-state index in [1.54, 1.807) is 0 Å². The fourth-order valence-electron chi connectivity index (χ4n) is 4.07. The lowest BCUT2D eigenvalue weighted by atomic mass is 9.66. The summed E-state index contributed by atoms with van der Waals surface area (Å²) in [7, 11) is 4.53. The van der Waals surface area contributed by atoms with Gasteiger partial charge in [-0.2, -0.15) is 0 Å². The third-order valence-electron chi connectivity index (χ3n) is 3.46. The molecule has 0 N–H and O–H groups in total. The third-order valence-corrected chi connectivity index (χ3v) is 3.46. The van der Waals surface area contributed by atoms with Crippen LogP contribution in [0.1, 0.15) is 20.3 Å². The van der Waals surface area contributed by atoms with Gasteiger partial charge in [-0.15, -0.1) is 0 Å². The number of piperidine rings is 2. The molecular formula is C11H22N2. The van der Waals surface area contributed by atoms with Crippen LogP contribution in [-0.4, -0.2) is 50.1 Å². The van der Waals surface area contributed by atoms with Gasteiger partial charge in [0.05, 0.1) is 0 Å². The molecule has 2 nitrogen and oxygen atoms in total. The monoisotopic (exact) mass is 182 g/mol. The Kier molecular flexibility index (Phi) is 1.97. The number of rotatable bonds is 0. The van der Waals surface area contributed by atoms with Crippen molar-refractivity contribution in [2.45, 2.75) is 20.3 Å². The highest BCUT2D eigenvalue weighted by Gasteiger charge is 2.46. The first-order valence-electron chi connectivity index (χ1n) is 5.28. The SMILES string of the molecule is CN1CC2(C)CN(C)CC(C)(C1)C2. The molecule has 76 valence electrons. The molecule has 2 rings (SSSR count). The lowest BCUT2D eigenvalue weighted by Crippen LogP contribution is -2.60. The minimum Gasteiger partial charge on any atom is -0.305 e. The maximum absolute atomic E-state index is 2.51. The van der Waals surface area contributed by atoms with Gasteiger partial charge in [0.15, 0.2) is 0 Å². The van der Waals surface area contributed by atoms with E-state index in [0.29, 0.717) is 10.8 Å². The van der Waals surface area contributed by atoms with Crippen LogP contribution in [0.3, 0.4) is 0 Å². The van der Waals surface area contributed by atoms with Crippen LogP contribution in [-0.2, 0) is 0 Å². The lowest BCUT2D eigenvalue weighted by molar-refractivity contribution is -0.0570. The zero-order chi connectivity index (χ0) is 9.69. The van der Waals surface area contributed by atoms with Crippen LogP contribution < -0.4 is 0 Å². The van der Waals surface area contributed by atoms with Crippen LogP contribution in [0.2, 0.25) is 0 Å². The topological polar surface area (TPSA) is 6.48 Å². The molecule has 0 radical (unpaired) electrons. The summed E-state index contributed by atoms with van der Waals surface area (Å²) < 4.78 is 0. The maximum atomic E-state index is 2.51. The van der Waals surface area contributed by atoms with Crippen molar-refractivity contribution in [3.8, 4) is 0 Å². The minimum absolute atomic E-state index is 0.536. The Morgan fingerprint density at radius 1 is 0.769 bits per heavy atom. The Bertz CT molecular complexity index is 178. The van der Waals surface area contributed by atoms with Crippen molar-refractivity contribution in [3.05, 3.63) is 0 Å². The van der Waals surface area contributed by atoms with Crippen molar-refractivity contribution in [1.29, 1.82) is 0 Å². The van der Waals surface area contributed by atoms with E-state index in [4.69, 9.17) is 0 Å². The summed E-state index contributed by atoms with van der Waals surface area (Å²) in [6.45, 7) is 9.97. The molecule has 0 aliphatic carbocycles. The normalized spacial score (nSPS) is 48.0. The van der Waals surface area contributed by atoms with Crippen LogP contribution in [0.15, 0.2) is 0 Å². The predicted octanol–water partition coefficient (Wildman–Crippen LogP) is 1.28. The van der Waals surface area contributed by atoms with Gasteiger partial charge in [0.25, 0.3) is 0 Å². The van der Waals surface area contributed by atoms with Gasteiger partial charge >= 0.3 is 0 Å². The molecule has 2 saturated heterocycles. The van der Waals surface area contributed by atoms with Crippen molar-refractivity contribution in [3.63, 3.8) is 0 Å². The Morgan fingerprint density at radius 3 is 1.38 bits per heavy atom. The molecule has 0 aromatic carbocycles. The van der Waals surface area contributed by atoms with Crippen molar-refractivity contribution in [2.24, 2.45) is 10.8 Å². The van der Waals surface area contributed by atoms with Gasteiger partial charge in [-0.3, -0.25) is 0 Å². The molecule has 2 heteroatoms. The van der Waals surface area contributed by atoms with Gasteiger partial charge in [0.2, 0.25) is 0 Å². The smallest absolute Gasteiger partial charge is 0.00450 e. The maximum Gasteiger partial charge on any atom is 0.00450 e. The van der Waals surface area contributed by atoms with Gasteiger partial charge < -0.3 is 9.80 Å². The second-order valence-corrected chi connectivity index (χ2v) is 6.14. The molecule has 0 atom stereocenters. The zero-order valence-corrected chi connectivity index (χ0v) is 9.43. The standard InChI is InChI=1S/C11H22N2/c1-10-5-11(2,8-12(3)6-10)9-13(4)7-10/h5-9H2,1-4H3. The Balaban J connectivity index is 2.22. The van der Waals surface area contributed by atoms with E-state index in [2.05, 4.69) is 37.7 Å². The van der Waals surface area contributed by atoms with Crippen LogP contribution in [0.25, 0.3) is 0 Å². The van der Waals surface area contributed by atoms with E-state index in [9.17, 15) is 0 Å². The van der Waals surface area contributed by atoms with Gasteiger partial charge in [-0.25, -0.2) is 0 Å². The van der Waals surface area contributed by atoms with E-state index in [0.717, 1.165) is 0 Å². The molecule has 0 aromatic heterocycles. The average Bonchev–Trinajstić information content (AvgIpc) is 1.75. The molecule has 13 heavy (non-hydrogen) atoms. The van der Waals surface area contributed by atoms with Gasteiger partial charge in [0, 0.05) is 26.2 Å². The summed E-state index contributed by atoms with van der Waals surface area (Å²) in [6, 6.07) is 0. The molecule has 2 heterocycles. The highest BCUT2D eigenvalue weighted by atomic mass is 15.2. The molecule has 0 aromatic rings. The zero-order valence-electron chi connectivity index (χ0n) is 9.43. The molecule has 0 amide bonds. The first kappa shape index (κ1) is 9.47. The fourth-order valence-corrected chi connectivity index (χ4v) is 4.07. The van der Waals surface area contributed by atoms with Gasteiger partial charge in [-0.05, 0) is 31.3 Å². The van der Waals surface area contributed by atoms with Crippen LogP contribution in [0.4, 0.5) is 0 Å². The van der Waals surface area contributed by atoms with Crippen molar-refractivity contribution < 1.29 is 0 Å². The minimum atomic E-state index is 0.536. The van der Waals surface area contributed by atoms with E-state index in [1.807, 2.05) is 0 Å². The number of hydrogen-bond acceptors (Lipinski definition) is 2. The largest absolute Gasteiger partial charge is 0.305 e. The summed E-state index contributed by atoms with van der Waals surface area (Å²) in [4.78, 5) is 5.02. The molecular weight excluding hydrogens is 160 g/mol. The summed E-state index contributed by atoms with van der Waals surface area (Å²) >= 11 is 0. The molecule has 0 spiro atoms. The van der Waals surface area contributed by atoms with Crippen molar-refractivity contribution >= 4 is 0 Å². The van der Waals surface area contributed by atoms with Gasteiger partial charge in [-0.1, -0.05) is 13.8 Å². The van der Waals surface area contributed by atoms with Gasteiger partial charge in [0.1, 0.15) is 0 Å². The van der Waals surface area contributed by atoms with E-state index >= 15 is 0 Å². The first-order chi connectivity index (χ1) is 5.91. The molecule has 2 aliphatic heterocycles. The summed E-state index contributed by atoms with van der Waals surface area (Å²) in [5, 5.41) is 0. The van der Waals surface area contributed by atoms with Crippen molar-refractivity contribution in [1.82, 2.24) is 9.80 Å². The van der Waals surface area contributed by atoms with E-state index < -0.39 is 0 Å². The first-order valence-corrected chi connectivity index (χ1v) is 5.28. The molecule has 0 saturated carbocycles. The number of hydrogen-bond donors (Lipinski definition) is 0. The molecule has 2 bridgehead atoms. The van der Waals surface area contributed by atoms with Crippen molar-refractivity contribution in [2.75, 3.05) is 40.3 Å². The van der Waals surface area contributed by atoms with Crippen LogP contribution >= 0.6 is 0 Å². The highest BCUT2D eigenvalue weighted by molar-refractivity contribution is 4.99. The molecule has 2 fully saturated rings. The average molecular weight is 182 g/mol. The third kappa shape index (κ3) is 1.75. The van der Waals surface area contributed by atoms with E-state index in [-0.39, 0.29) is 0 Å². The predicted molar refractivity (Wildman–Crippen MR) is 55.8 cm³/mol. The van der Waals surface area contributed by atoms with Crippen LogP contribution in [0.5, 0.6) is 0 Å². The second-order valence-electron chi connectivity index (χ2n) is 6.14. The molecule has 2 aliphatic rings. The number of fused-ring (bicyclic) bond motifs is 2. The van der Waals surface area contributed by atoms with Crippen LogP contribution in [0, 0.1) is 10.8 Å². The summed E-state index contributed by atoms with van der Waals surface area (Å²) in [6.07, 6.45) is 1.41. The Hall–Kier alpha value is -0.0800. The number of likely N-dealkylation sites (tertiary alicyclic amines) is 2. The second kappa shape index (κ2) is 2.71. The fraction of sp³-hybridized carbons (Fsp3) is 1.00. The number of nitrogens with zero attached hydrogens (tertiary/aromatic N) is 2. The molecule has 0 unspecified atom stereocenters.